The van der Waals surface area contributed by atoms with Crippen molar-refractivity contribution >= 4 is 45.9 Å². The third-order valence-electron chi connectivity index (χ3n) is 13.5. The number of alkyl halides is 6. The van der Waals surface area contributed by atoms with Gasteiger partial charge in [0, 0.05) is 47.2 Å². The molecule has 3 N–H and O–H groups in total. The number of halogens is 8. The predicted octanol–water partition coefficient (Wildman–Crippen LogP) is 13.3. The lowest BCUT2D eigenvalue weighted by atomic mass is 9.70. The van der Waals surface area contributed by atoms with Crippen molar-refractivity contribution in [2.45, 2.75) is 126 Å². The summed E-state index contributed by atoms with van der Waals surface area (Å²) in [6, 6.07) is 21.5. The lowest BCUT2D eigenvalue weighted by molar-refractivity contribution is -0.141. The zero-order chi connectivity index (χ0) is 53.7. The molecule has 6 aromatic heterocycles. The van der Waals surface area contributed by atoms with Gasteiger partial charge in [-0.2, -0.15) is 36.5 Å². The van der Waals surface area contributed by atoms with Gasteiger partial charge in [0.2, 0.25) is 0 Å². The van der Waals surface area contributed by atoms with Crippen molar-refractivity contribution in [2.75, 3.05) is 10.6 Å². The van der Waals surface area contributed by atoms with E-state index in [1.165, 1.54) is 34.8 Å². The molecule has 0 saturated heterocycles. The summed E-state index contributed by atoms with van der Waals surface area (Å²) in [6.45, 7) is 6.22. The number of hydrogen-bond donors (Lipinski definition) is 3. The third-order valence-corrected chi connectivity index (χ3v) is 15.4. The van der Waals surface area contributed by atoms with Crippen LogP contribution in [0, 0.1) is 11.6 Å². The maximum Gasteiger partial charge on any atom is 0.419 e. The second-order valence-corrected chi connectivity index (χ2v) is 21.5. The van der Waals surface area contributed by atoms with Crippen LogP contribution in [-0.2, 0) is 41.6 Å². The number of aromatic amines is 1. The summed E-state index contributed by atoms with van der Waals surface area (Å²) < 4.78 is 121. The third kappa shape index (κ3) is 12.6. The number of rotatable bonds is 14. The Bertz CT molecular complexity index is 3150. The first-order valence-corrected chi connectivity index (χ1v) is 26.1. The number of H-pyrrole nitrogens is 1. The van der Waals surface area contributed by atoms with Gasteiger partial charge in [0.1, 0.15) is 44.3 Å². The van der Waals surface area contributed by atoms with E-state index in [1.807, 2.05) is 47.1 Å². The van der Waals surface area contributed by atoms with E-state index in [4.69, 9.17) is 19.4 Å². The molecule has 14 nitrogen and oxygen atoms in total. The lowest BCUT2D eigenvalue weighted by Gasteiger charge is -2.38. The van der Waals surface area contributed by atoms with E-state index in [9.17, 15) is 35.1 Å². The van der Waals surface area contributed by atoms with Gasteiger partial charge in [0.05, 0.1) is 41.3 Å². The van der Waals surface area contributed by atoms with E-state index >= 15 is 0 Å². The fraction of sp³-hybridized carbons (Fsp3) is 0.385. The molecular formula is C52H52F8N12O2S2. The first-order chi connectivity index (χ1) is 36.3. The van der Waals surface area contributed by atoms with E-state index in [-0.39, 0.29) is 27.9 Å². The Morgan fingerprint density at radius 1 is 0.618 bits per heavy atom. The molecule has 24 heteroatoms. The summed E-state index contributed by atoms with van der Waals surface area (Å²) in [6.07, 6.45) is -1.12. The van der Waals surface area contributed by atoms with Crippen molar-refractivity contribution in [3.63, 3.8) is 0 Å². The lowest BCUT2D eigenvalue weighted by Crippen LogP contribution is -2.38. The van der Waals surface area contributed by atoms with E-state index in [0.29, 0.717) is 81.9 Å². The zero-order valence-corrected chi connectivity index (χ0v) is 42.9. The van der Waals surface area contributed by atoms with Crippen LogP contribution in [0.2, 0.25) is 0 Å². The van der Waals surface area contributed by atoms with E-state index in [0.717, 1.165) is 51.2 Å². The smallest absolute Gasteiger partial charge is 0.419 e. The molecule has 2 fully saturated rings. The molecule has 2 aliphatic carbocycles. The molecule has 0 radical (unpaired) electrons. The Morgan fingerprint density at radius 2 is 1.09 bits per heavy atom. The highest BCUT2D eigenvalue weighted by molar-refractivity contribution is 7.09. The monoisotopic (exact) mass is 1090 g/mol. The highest BCUT2D eigenvalue weighted by atomic mass is 32.1. The SMILES string of the molecule is CC(C)(C)n1nccc1Nc1cccc(CC2(c3nncs3)CCC(Oc3cccc(C(F)(F)F)c3F)CC2)n1.Fc1c(OC2CCC(Cc3cccc(Nc4ccn[nH]4)n3)(c3nncs3)CC2)cccc1C(F)(F)F. The minimum atomic E-state index is -4.79. The normalized spacial score (nSPS) is 20.1. The Hall–Kier alpha value is -7.08. The topological polar surface area (TPSA) is 166 Å². The van der Waals surface area contributed by atoms with Crippen LogP contribution >= 0.6 is 22.7 Å². The minimum absolute atomic E-state index is 0.205. The highest BCUT2D eigenvalue weighted by Gasteiger charge is 2.43. The summed E-state index contributed by atoms with van der Waals surface area (Å²) in [7, 11) is 0. The first kappa shape index (κ1) is 53.7. The van der Waals surface area contributed by atoms with Crippen molar-refractivity contribution in [3.8, 4) is 11.5 Å². The molecule has 400 valence electrons. The summed E-state index contributed by atoms with van der Waals surface area (Å²) in [5.41, 5.74) is 1.52. The van der Waals surface area contributed by atoms with Gasteiger partial charge in [0.25, 0.3) is 0 Å². The van der Waals surface area contributed by atoms with Gasteiger partial charge in [-0.25, -0.2) is 23.4 Å². The van der Waals surface area contributed by atoms with Crippen LogP contribution in [0.4, 0.5) is 58.4 Å². The molecule has 0 aliphatic heterocycles. The van der Waals surface area contributed by atoms with Gasteiger partial charge in [-0.15, -0.1) is 43.1 Å². The van der Waals surface area contributed by atoms with Gasteiger partial charge >= 0.3 is 12.4 Å². The summed E-state index contributed by atoms with van der Waals surface area (Å²) in [5, 5.41) is 36.3. The molecule has 6 heterocycles. The van der Waals surface area contributed by atoms with Crippen LogP contribution in [0.3, 0.4) is 0 Å². The maximum absolute atomic E-state index is 14.6. The molecule has 0 spiro atoms. The van der Waals surface area contributed by atoms with Crippen LogP contribution in [0.25, 0.3) is 0 Å². The zero-order valence-electron chi connectivity index (χ0n) is 41.3. The van der Waals surface area contributed by atoms with Gasteiger partial charge in [-0.1, -0.05) is 24.3 Å². The first-order valence-electron chi connectivity index (χ1n) is 24.3. The second-order valence-electron chi connectivity index (χ2n) is 19.8. The Labute approximate surface area is 439 Å². The molecule has 0 bridgehead atoms. The van der Waals surface area contributed by atoms with E-state index in [2.05, 4.69) is 67.1 Å². The Kier molecular flexibility index (Phi) is 15.7. The largest absolute Gasteiger partial charge is 0.487 e. The van der Waals surface area contributed by atoms with Crippen molar-refractivity contribution in [1.82, 2.24) is 50.3 Å². The fourth-order valence-electron chi connectivity index (χ4n) is 9.78. The summed E-state index contributed by atoms with van der Waals surface area (Å²) in [5.74, 6) is -0.604. The fourth-order valence-corrected chi connectivity index (χ4v) is 11.4. The molecular weight excluding hydrogens is 1040 g/mol. The van der Waals surface area contributed by atoms with E-state index in [1.54, 1.807) is 29.5 Å². The van der Waals surface area contributed by atoms with Crippen molar-refractivity contribution < 1.29 is 44.6 Å². The van der Waals surface area contributed by atoms with Gasteiger partial charge in [-0.05, 0) is 121 Å². The average molecular weight is 1090 g/mol. The number of ether oxygens (including phenoxy) is 2. The molecule has 0 unspecified atom stereocenters. The summed E-state index contributed by atoms with van der Waals surface area (Å²) >= 11 is 2.93. The van der Waals surface area contributed by atoms with Crippen molar-refractivity contribution in [2.24, 2.45) is 0 Å². The van der Waals surface area contributed by atoms with Crippen LogP contribution in [0.5, 0.6) is 11.5 Å². The molecule has 76 heavy (non-hydrogen) atoms. The number of hydrogen-bond acceptors (Lipinski definition) is 14. The Morgan fingerprint density at radius 3 is 1.51 bits per heavy atom. The van der Waals surface area contributed by atoms with Crippen molar-refractivity contribution in [1.29, 1.82) is 0 Å². The van der Waals surface area contributed by atoms with Crippen LogP contribution in [0.15, 0.2) is 108 Å². The standard InChI is InChI=1S/C28H30F4N6OS.C24H22F4N6OS/c1-26(2,3)38-23(12-15-34-38)36-22-9-4-6-18(35-22)16-27(25-37-33-17-40-25)13-10-19(11-14-27)39-21-8-5-7-20(24(21)29)28(30,31)32;25-21-17(24(26,27)28)4-2-5-18(21)35-16-7-10-23(11-8-16,22-34-30-14-36-22)13-15-3-1-6-19(31-15)32-20-9-12-29-33-20/h4-9,12,15,17,19H,10-11,13-14,16H2,1-3H3,(H,35,36);1-6,9,12,14,16H,7-8,10-11,13H2,(H2,29,31,32,33). The predicted molar refractivity (Wildman–Crippen MR) is 270 cm³/mol. The van der Waals surface area contributed by atoms with Gasteiger partial charge in [-0.3, -0.25) is 5.10 Å². The molecule has 10 rings (SSSR count). The highest BCUT2D eigenvalue weighted by Crippen LogP contribution is 2.46. The molecule has 2 aliphatic rings. The van der Waals surface area contributed by atoms with Crippen molar-refractivity contribution in [3.05, 3.63) is 153 Å². The molecule has 2 saturated carbocycles. The number of anilines is 4. The molecule has 8 aromatic rings. The molecule has 2 aromatic carbocycles. The summed E-state index contributed by atoms with van der Waals surface area (Å²) in [4.78, 5) is 9.61. The van der Waals surface area contributed by atoms with Crippen LogP contribution in [0.1, 0.15) is 105 Å². The number of aromatic nitrogens is 10. The van der Waals surface area contributed by atoms with Gasteiger partial charge in [0.15, 0.2) is 23.1 Å². The van der Waals surface area contributed by atoms with Gasteiger partial charge < -0.3 is 20.1 Å². The number of pyridine rings is 2. The second kappa shape index (κ2) is 22.3. The maximum atomic E-state index is 14.6. The Balaban J connectivity index is 0.000000187. The quantitative estimate of drug-likeness (QED) is 0.0884. The average Bonchev–Trinajstić information content (AvgIpc) is 4.28. The van der Waals surface area contributed by atoms with Crippen LogP contribution in [-0.4, -0.2) is 62.5 Å². The number of benzene rings is 2. The molecule has 0 amide bonds. The van der Waals surface area contributed by atoms with Crippen LogP contribution < -0.4 is 20.1 Å². The van der Waals surface area contributed by atoms with E-state index < -0.39 is 47.3 Å². The number of nitrogens with one attached hydrogen (secondary N) is 3. The number of nitrogens with zero attached hydrogens (tertiary/aromatic N) is 9. The minimum Gasteiger partial charge on any atom is -0.487 e. The molecule has 0 atom stereocenters.